The lowest BCUT2D eigenvalue weighted by molar-refractivity contribution is -0.148. The molecule has 0 bridgehead atoms. The van der Waals surface area contributed by atoms with Crippen molar-refractivity contribution in [2.45, 2.75) is 33.0 Å². The molecule has 0 aromatic heterocycles. The molecule has 0 saturated carbocycles. The summed E-state index contributed by atoms with van der Waals surface area (Å²) in [6, 6.07) is -2.27. The van der Waals surface area contributed by atoms with Crippen LogP contribution in [0.5, 0.6) is 0 Å². The fourth-order valence-corrected chi connectivity index (χ4v) is 1.50. The molecule has 1 aliphatic rings. The zero-order valence-corrected chi connectivity index (χ0v) is 10.9. The highest BCUT2D eigenvalue weighted by Crippen LogP contribution is 2.11. The predicted molar refractivity (Wildman–Crippen MR) is 62.6 cm³/mol. The monoisotopic (exact) mass is 273 g/mol. The van der Waals surface area contributed by atoms with Crippen LogP contribution in [-0.4, -0.2) is 47.4 Å². The first-order valence-electron chi connectivity index (χ1n) is 5.85. The Kier molecular flexibility index (Phi) is 4.57. The molecule has 106 valence electrons. The van der Waals surface area contributed by atoms with Crippen LogP contribution in [0, 0.1) is 5.92 Å². The zero-order valence-electron chi connectivity index (χ0n) is 10.9. The van der Waals surface area contributed by atoms with E-state index in [1.165, 1.54) is 6.92 Å². The lowest BCUT2D eigenvalue weighted by atomic mass is 10.1. The number of barbiturate groups is 1. The van der Waals surface area contributed by atoms with Gasteiger partial charge in [-0.25, -0.2) is 14.1 Å². The molecule has 19 heavy (non-hydrogen) atoms. The van der Waals surface area contributed by atoms with E-state index >= 15 is 0 Å². The minimum absolute atomic E-state index is 0.192. The number of nitrogens with one attached hydrogen (secondary N) is 2. The van der Waals surface area contributed by atoms with Crippen molar-refractivity contribution in [2.24, 2.45) is 5.92 Å². The first-order valence-corrected chi connectivity index (χ1v) is 5.85. The van der Waals surface area contributed by atoms with Crippen LogP contribution in [0.2, 0.25) is 0 Å². The second-order valence-electron chi connectivity index (χ2n) is 4.68. The Morgan fingerprint density at radius 2 is 1.95 bits per heavy atom. The summed E-state index contributed by atoms with van der Waals surface area (Å²) in [4.78, 5) is 46.1. The number of halogens is 1. The smallest absolute Gasteiger partial charge is 0.331 e. The van der Waals surface area contributed by atoms with Crippen LogP contribution in [0.25, 0.3) is 0 Å². The van der Waals surface area contributed by atoms with Crippen molar-refractivity contribution in [3.05, 3.63) is 0 Å². The van der Waals surface area contributed by atoms with Gasteiger partial charge in [0.05, 0.1) is 0 Å². The molecule has 5 amide bonds. The Balaban J connectivity index is 2.77. The van der Waals surface area contributed by atoms with Crippen molar-refractivity contribution >= 4 is 23.8 Å². The van der Waals surface area contributed by atoms with Gasteiger partial charge < -0.3 is 5.32 Å². The summed E-state index contributed by atoms with van der Waals surface area (Å²) in [5.41, 5.74) is 0. The summed E-state index contributed by atoms with van der Waals surface area (Å²) in [6.07, 6.45) is -2.46. The molecular weight excluding hydrogens is 257 g/mol. The summed E-state index contributed by atoms with van der Waals surface area (Å²) < 4.78 is 13.2. The maximum Gasteiger partial charge on any atom is 0.331 e. The van der Waals surface area contributed by atoms with E-state index in [2.05, 4.69) is 5.32 Å². The van der Waals surface area contributed by atoms with Gasteiger partial charge in [0.2, 0.25) is 5.91 Å². The van der Waals surface area contributed by atoms with Crippen molar-refractivity contribution < 1.29 is 23.6 Å². The van der Waals surface area contributed by atoms with Gasteiger partial charge in [-0.2, -0.15) is 0 Å². The molecule has 1 rings (SSSR count). The standard InChI is InChI=1S/C11H16FN3O4/c1-5(2)4-13-8(16)6(3)15-10(18)7(12)9(17)14-11(15)19/h5-7H,4H2,1-3H3,(H,13,16)(H,14,17,19). The molecule has 7 nitrogen and oxygen atoms in total. The number of nitrogens with zero attached hydrogens (tertiary/aromatic N) is 1. The molecule has 2 atom stereocenters. The largest absolute Gasteiger partial charge is 0.354 e. The van der Waals surface area contributed by atoms with Crippen LogP contribution >= 0.6 is 0 Å². The Morgan fingerprint density at radius 3 is 2.47 bits per heavy atom. The maximum atomic E-state index is 13.2. The fourth-order valence-electron chi connectivity index (χ4n) is 1.50. The highest BCUT2D eigenvalue weighted by Gasteiger charge is 2.44. The number of carbonyl (C=O) groups excluding carboxylic acids is 4. The van der Waals surface area contributed by atoms with E-state index in [1.807, 2.05) is 13.8 Å². The number of rotatable bonds is 4. The summed E-state index contributed by atoms with van der Waals surface area (Å²) in [6.45, 7) is 5.40. The third kappa shape index (κ3) is 3.27. The van der Waals surface area contributed by atoms with E-state index in [9.17, 15) is 23.6 Å². The van der Waals surface area contributed by atoms with Gasteiger partial charge in [-0.15, -0.1) is 0 Å². The molecular formula is C11H16FN3O4. The van der Waals surface area contributed by atoms with Gasteiger partial charge in [-0.3, -0.25) is 19.7 Å². The average molecular weight is 273 g/mol. The van der Waals surface area contributed by atoms with E-state index in [1.54, 1.807) is 5.32 Å². The average Bonchev–Trinajstić information content (AvgIpc) is 2.32. The molecule has 2 unspecified atom stereocenters. The molecule has 0 aliphatic carbocycles. The number of hydrogen-bond acceptors (Lipinski definition) is 4. The molecule has 0 spiro atoms. The van der Waals surface area contributed by atoms with Crippen molar-refractivity contribution in [1.29, 1.82) is 0 Å². The Morgan fingerprint density at radius 1 is 1.37 bits per heavy atom. The molecule has 0 aromatic rings. The molecule has 1 aliphatic heterocycles. The third-order valence-corrected chi connectivity index (χ3v) is 2.58. The maximum absolute atomic E-state index is 13.2. The van der Waals surface area contributed by atoms with E-state index in [0.29, 0.717) is 11.4 Å². The minimum atomic E-state index is -2.46. The van der Waals surface area contributed by atoms with Gasteiger partial charge >= 0.3 is 6.03 Å². The second-order valence-corrected chi connectivity index (χ2v) is 4.68. The van der Waals surface area contributed by atoms with Crippen molar-refractivity contribution in [3.63, 3.8) is 0 Å². The number of carbonyl (C=O) groups is 4. The van der Waals surface area contributed by atoms with Gasteiger partial charge in [-0.05, 0) is 12.8 Å². The Bertz CT molecular complexity index is 424. The van der Waals surface area contributed by atoms with Crippen LogP contribution in [0.15, 0.2) is 0 Å². The summed E-state index contributed by atoms with van der Waals surface area (Å²) >= 11 is 0. The summed E-state index contributed by atoms with van der Waals surface area (Å²) in [5.74, 6) is -3.02. The molecule has 8 heteroatoms. The van der Waals surface area contributed by atoms with E-state index in [-0.39, 0.29) is 5.92 Å². The van der Waals surface area contributed by atoms with Gasteiger partial charge in [0.15, 0.2) is 0 Å². The minimum Gasteiger partial charge on any atom is -0.354 e. The second kappa shape index (κ2) is 5.77. The predicted octanol–water partition coefficient (Wildman–Crippen LogP) is -0.436. The third-order valence-electron chi connectivity index (χ3n) is 2.58. The topological polar surface area (TPSA) is 95.6 Å². The van der Waals surface area contributed by atoms with Crippen LogP contribution in [0.3, 0.4) is 0 Å². The van der Waals surface area contributed by atoms with E-state index in [0.717, 1.165) is 0 Å². The van der Waals surface area contributed by atoms with Gasteiger partial charge in [0.1, 0.15) is 6.04 Å². The van der Waals surface area contributed by atoms with E-state index < -0.39 is 36.0 Å². The van der Waals surface area contributed by atoms with E-state index in [4.69, 9.17) is 0 Å². The number of imide groups is 2. The van der Waals surface area contributed by atoms with Crippen molar-refractivity contribution in [2.75, 3.05) is 6.54 Å². The van der Waals surface area contributed by atoms with Gasteiger partial charge in [-0.1, -0.05) is 13.8 Å². The Labute approximate surface area is 109 Å². The summed E-state index contributed by atoms with van der Waals surface area (Å²) in [5, 5.41) is 4.21. The number of hydrogen-bond donors (Lipinski definition) is 2. The number of amides is 5. The fraction of sp³-hybridized carbons (Fsp3) is 0.636. The number of alkyl halides is 1. The summed E-state index contributed by atoms with van der Waals surface area (Å²) in [7, 11) is 0. The Hall–Kier alpha value is -1.99. The highest BCUT2D eigenvalue weighted by atomic mass is 19.1. The zero-order chi connectivity index (χ0) is 14.7. The van der Waals surface area contributed by atoms with Gasteiger partial charge in [0, 0.05) is 6.54 Å². The number of urea groups is 1. The molecule has 0 radical (unpaired) electrons. The molecule has 1 saturated heterocycles. The lowest BCUT2D eigenvalue weighted by Gasteiger charge is -2.30. The molecule has 2 N–H and O–H groups in total. The van der Waals surface area contributed by atoms with Crippen LogP contribution in [0.1, 0.15) is 20.8 Å². The van der Waals surface area contributed by atoms with Crippen LogP contribution in [-0.2, 0) is 14.4 Å². The quantitative estimate of drug-likeness (QED) is 0.679. The normalized spacial score (nSPS) is 21.4. The van der Waals surface area contributed by atoms with Crippen LogP contribution < -0.4 is 10.6 Å². The SMILES string of the molecule is CC(C)CNC(=O)C(C)N1C(=O)NC(=O)C(F)C1=O. The first-order chi connectivity index (χ1) is 8.75. The molecule has 1 fully saturated rings. The van der Waals surface area contributed by atoms with Gasteiger partial charge in [0.25, 0.3) is 18.0 Å². The lowest BCUT2D eigenvalue weighted by Crippen LogP contribution is -2.64. The van der Waals surface area contributed by atoms with Crippen molar-refractivity contribution in [3.8, 4) is 0 Å². The van der Waals surface area contributed by atoms with Crippen molar-refractivity contribution in [1.82, 2.24) is 15.5 Å². The highest BCUT2D eigenvalue weighted by molar-refractivity contribution is 6.19. The first kappa shape index (κ1) is 15.1. The molecule has 1 heterocycles. The van der Waals surface area contributed by atoms with Crippen LogP contribution in [0.4, 0.5) is 9.18 Å². The molecule has 0 aromatic carbocycles.